The number of nitrogens with one attached hydrogen (secondary N) is 1. The van der Waals surface area contributed by atoms with E-state index in [1.54, 1.807) is 6.33 Å². The third-order valence-electron chi connectivity index (χ3n) is 4.06. The molecule has 1 aromatic rings. The molecule has 1 heterocycles. The van der Waals surface area contributed by atoms with Gasteiger partial charge >= 0.3 is 0 Å². The largest absolute Gasteiger partial charge is 0.383 e. The van der Waals surface area contributed by atoms with Gasteiger partial charge in [-0.3, -0.25) is 0 Å². The molecule has 1 saturated carbocycles. The van der Waals surface area contributed by atoms with Gasteiger partial charge in [0.15, 0.2) is 0 Å². The number of nitrogens with zero attached hydrogens (tertiary/aromatic N) is 2. The van der Waals surface area contributed by atoms with E-state index in [0.717, 1.165) is 29.8 Å². The molecule has 2 rings (SSSR count). The predicted octanol–water partition coefficient (Wildman–Crippen LogP) is 3.03. The monoisotopic (exact) mass is 248 g/mol. The molecule has 1 fully saturated rings. The van der Waals surface area contributed by atoms with Crippen LogP contribution in [0.3, 0.4) is 0 Å². The van der Waals surface area contributed by atoms with Gasteiger partial charge in [-0.2, -0.15) is 0 Å². The van der Waals surface area contributed by atoms with Crippen molar-refractivity contribution in [2.75, 3.05) is 17.6 Å². The summed E-state index contributed by atoms with van der Waals surface area (Å²) in [6.45, 7) is 7.59. The van der Waals surface area contributed by atoms with Crippen molar-refractivity contribution < 1.29 is 0 Å². The van der Waals surface area contributed by atoms with E-state index in [-0.39, 0.29) is 0 Å². The fourth-order valence-electron chi connectivity index (χ4n) is 2.87. The van der Waals surface area contributed by atoms with Crippen molar-refractivity contribution >= 4 is 11.6 Å². The summed E-state index contributed by atoms with van der Waals surface area (Å²) < 4.78 is 0. The summed E-state index contributed by atoms with van der Waals surface area (Å²) in [7, 11) is 0. The van der Waals surface area contributed by atoms with Gasteiger partial charge in [-0.1, -0.05) is 33.6 Å². The number of nitrogen functional groups attached to an aromatic ring is 1. The second-order valence-corrected chi connectivity index (χ2v) is 5.73. The third-order valence-corrected chi connectivity index (χ3v) is 4.06. The van der Waals surface area contributed by atoms with Crippen molar-refractivity contribution in [3.63, 3.8) is 0 Å². The Balaban J connectivity index is 2.07. The maximum absolute atomic E-state index is 5.94. The minimum Gasteiger partial charge on any atom is -0.383 e. The van der Waals surface area contributed by atoms with Gasteiger partial charge in [-0.25, -0.2) is 9.97 Å². The summed E-state index contributed by atoms with van der Waals surface area (Å²) in [6.07, 6.45) is 5.58. The van der Waals surface area contributed by atoms with Crippen LogP contribution in [-0.2, 0) is 0 Å². The van der Waals surface area contributed by atoms with Crippen LogP contribution in [-0.4, -0.2) is 16.5 Å². The first kappa shape index (κ1) is 13.1. The first-order valence-electron chi connectivity index (χ1n) is 6.93. The van der Waals surface area contributed by atoms with Gasteiger partial charge in [0.1, 0.15) is 18.0 Å². The minimum absolute atomic E-state index is 0.342. The van der Waals surface area contributed by atoms with Crippen LogP contribution in [0.25, 0.3) is 0 Å². The minimum atomic E-state index is 0.342. The van der Waals surface area contributed by atoms with Crippen molar-refractivity contribution in [3.05, 3.63) is 11.9 Å². The molecule has 1 aliphatic rings. The highest BCUT2D eigenvalue weighted by Gasteiger charge is 2.23. The summed E-state index contributed by atoms with van der Waals surface area (Å²) in [6, 6.07) is 0. The topological polar surface area (TPSA) is 63.8 Å². The molecule has 18 heavy (non-hydrogen) atoms. The van der Waals surface area contributed by atoms with Crippen LogP contribution in [0.15, 0.2) is 6.33 Å². The van der Waals surface area contributed by atoms with E-state index in [1.807, 2.05) is 0 Å². The number of rotatable bonds is 4. The molecule has 2 unspecified atom stereocenters. The summed E-state index contributed by atoms with van der Waals surface area (Å²) >= 11 is 0. The maximum atomic E-state index is 5.94. The summed E-state index contributed by atoms with van der Waals surface area (Å²) in [5, 5.41) is 3.48. The van der Waals surface area contributed by atoms with Gasteiger partial charge in [0.25, 0.3) is 0 Å². The van der Waals surface area contributed by atoms with E-state index in [2.05, 4.69) is 36.1 Å². The third kappa shape index (κ3) is 2.74. The standard InChI is InChI=1S/C14H24N4/c1-9(2)12-13(15)17-8-18-14(12)16-7-11-6-4-5-10(11)3/h8-11H,4-7H2,1-3H3,(H3,15,16,17,18). The molecule has 4 nitrogen and oxygen atoms in total. The molecule has 2 atom stereocenters. The van der Waals surface area contributed by atoms with Crippen molar-refractivity contribution in [1.29, 1.82) is 0 Å². The smallest absolute Gasteiger partial charge is 0.134 e. The molecule has 4 heteroatoms. The molecule has 1 aliphatic carbocycles. The molecule has 0 aromatic carbocycles. The first-order chi connectivity index (χ1) is 8.59. The van der Waals surface area contributed by atoms with E-state index < -0.39 is 0 Å². The van der Waals surface area contributed by atoms with Crippen LogP contribution in [0.5, 0.6) is 0 Å². The van der Waals surface area contributed by atoms with Crippen molar-refractivity contribution in [3.8, 4) is 0 Å². The number of nitrogens with two attached hydrogens (primary N) is 1. The molecule has 0 amide bonds. The second-order valence-electron chi connectivity index (χ2n) is 5.73. The van der Waals surface area contributed by atoms with Crippen LogP contribution >= 0.6 is 0 Å². The Bertz CT molecular complexity index is 403. The maximum Gasteiger partial charge on any atom is 0.134 e. The quantitative estimate of drug-likeness (QED) is 0.859. The SMILES string of the molecule is CC(C)c1c(N)ncnc1NCC1CCCC1C. The van der Waals surface area contributed by atoms with E-state index in [4.69, 9.17) is 5.73 Å². The van der Waals surface area contributed by atoms with Gasteiger partial charge in [0.2, 0.25) is 0 Å². The highest BCUT2D eigenvalue weighted by atomic mass is 15.0. The molecule has 3 N–H and O–H groups in total. The zero-order valence-corrected chi connectivity index (χ0v) is 11.6. The van der Waals surface area contributed by atoms with E-state index in [0.29, 0.717) is 11.7 Å². The zero-order chi connectivity index (χ0) is 13.1. The Kier molecular flexibility index (Phi) is 4.04. The Labute approximate surface area is 109 Å². The zero-order valence-electron chi connectivity index (χ0n) is 11.6. The molecule has 0 spiro atoms. The van der Waals surface area contributed by atoms with Crippen LogP contribution in [0, 0.1) is 11.8 Å². The summed E-state index contributed by atoms with van der Waals surface area (Å²) in [5.41, 5.74) is 6.99. The van der Waals surface area contributed by atoms with Gasteiger partial charge in [-0.15, -0.1) is 0 Å². The Morgan fingerprint density at radius 1 is 1.39 bits per heavy atom. The average Bonchev–Trinajstić information content (AvgIpc) is 2.71. The van der Waals surface area contributed by atoms with Gasteiger partial charge in [0, 0.05) is 12.1 Å². The molecule has 0 saturated heterocycles. The summed E-state index contributed by atoms with van der Waals surface area (Å²) in [4.78, 5) is 8.43. The van der Waals surface area contributed by atoms with E-state index in [1.165, 1.54) is 19.3 Å². The molecule has 0 bridgehead atoms. The lowest BCUT2D eigenvalue weighted by molar-refractivity contribution is 0.439. The Hall–Kier alpha value is -1.32. The second kappa shape index (κ2) is 5.55. The van der Waals surface area contributed by atoms with Gasteiger partial charge < -0.3 is 11.1 Å². The molecular formula is C14H24N4. The van der Waals surface area contributed by atoms with Crippen LogP contribution in [0.4, 0.5) is 11.6 Å². The Morgan fingerprint density at radius 2 is 2.17 bits per heavy atom. The van der Waals surface area contributed by atoms with Gasteiger partial charge in [-0.05, 0) is 24.2 Å². The average molecular weight is 248 g/mol. The van der Waals surface area contributed by atoms with Crippen molar-refractivity contribution in [1.82, 2.24) is 9.97 Å². The normalized spacial score (nSPS) is 23.6. The van der Waals surface area contributed by atoms with Crippen LogP contribution in [0.1, 0.15) is 51.5 Å². The number of aromatic nitrogens is 2. The molecular weight excluding hydrogens is 224 g/mol. The summed E-state index contributed by atoms with van der Waals surface area (Å²) in [5.74, 6) is 3.44. The number of hydrogen-bond donors (Lipinski definition) is 2. The van der Waals surface area contributed by atoms with E-state index in [9.17, 15) is 0 Å². The number of anilines is 2. The van der Waals surface area contributed by atoms with Crippen molar-refractivity contribution in [2.45, 2.75) is 46.0 Å². The van der Waals surface area contributed by atoms with Gasteiger partial charge in [0.05, 0.1) is 0 Å². The molecule has 100 valence electrons. The fraction of sp³-hybridized carbons (Fsp3) is 0.714. The lowest BCUT2D eigenvalue weighted by atomic mass is 9.98. The van der Waals surface area contributed by atoms with E-state index >= 15 is 0 Å². The molecule has 0 radical (unpaired) electrons. The fourth-order valence-corrected chi connectivity index (χ4v) is 2.87. The number of hydrogen-bond acceptors (Lipinski definition) is 4. The predicted molar refractivity (Wildman–Crippen MR) is 75.5 cm³/mol. The molecule has 0 aliphatic heterocycles. The highest BCUT2D eigenvalue weighted by molar-refractivity contribution is 5.56. The molecule has 1 aromatic heterocycles. The van der Waals surface area contributed by atoms with Crippen molar-refractivity contribution in [2.24, 2.45) is 11.8 Å². The van der Waals surface area contributed by atoms with Crippen LogP contribution < -0.4 is 11.1 Å². The van der Waals surface area contributed by atoms with Crippen LogP contribution in [0.2, 0.25) is 0 Å². The lowest BCUT2D eigenvalue weighted by Gasteiger charge is -2.19. The Morgan fingerprint density at radius 3 is 2.78 bits per heavy atom. The highest BCUT2D eigenvalue weighted by Crippen LogP contribution is 2.32. The lowest BCUT2D eigenvalue weighted by Crippen LogP contribution is -2.18. The first-order valence-corrected chi connectivity index (χ1v) is 6.93.